The molecule has 0 saturated carbocycles. The fourth-order valence-electron chi connectivity index (χ4n) is 1.45. The lowest BCUT2D eigenvalue weighted by Crippen LogP contribution is -1.92. The number of carbonyl (C=O) groups is 1. The molecular formula is C13H11ClO2S. The van der Waals surface area contributed by atoms with Crippen molar-refractivity contribution in [1.82, 2.24) is 0 Å². The maximum Gasteiger partial charge on any atom is 0.161 e. The van der Waals surface area contributed by atoms with Gasteiger partial charge in [0, 0.05) is 10.5 Å². The van der Waals surface area contributed by atoms with Gasteiger partial charge in [0.1, 0.15) is 5.76 Å². The number of hydrogen-bond acceptors (Lipinski definition) is 3. The maximum atomic E-state index is 11.2. The molecule has 4 heteroatoms. The van der Waals surface area contributed by atoms with Gasteiger partial charge < -0.3 is 4.42 Å². The third-order valence-electron chi connectivity index (χ3n) is 2.36. The van der Waals surface area contributed by atoms with Crippen molar-refractivity contribution in [2.24, 2.45) is 0 Å². The molecule has 0 saturated heterocycles. The van der Waals surface area contributed by atoms with Crippen LogP contribution in [0.4, 0.5) is 0 Å². The van der Waals surface area contributed by atoms with E-state index in [0.717, 1.165) is 15.6 Å². The predicted molar refractivity (Wildman–Crippen MR) is 69.0 cm³/mol. The SMILES string of the molecule is CC(=O)c1ccc(Sc2ccoc2C)cc1Cl. The summed E-state index contributed by atoms with van der Waals surface area (Å²) in [6, 6.07) is 7.35. The lowest BCUT2D eigenvalue weighted by molar-refractivity contribution is 0.101. The van der Waals surface area contributed by atoms with Crippen LogP contribution in [0.1, 0.15) is 23.0 Å². The minimum Gasteiger partial charge on any atom is -0.468 e. The van der Waals surface area contributed by atoms with Crippen molar-refractivity contribution < 1.29 is 9.21 Å². The van der Waals surface area contributed by atoms with Crippen LogP contribution in [0.15, 0.2) is 44.7 Å². The van der Waals surface area contributed by atoms with Crippen molar-refractivity contribution in [3.63, 3.8) is 0 Å². The molecular weight excluding hydrogens is 256 g/mol. The summed E-state index contributed by atoms with van der Waals surface area (Å²) in [6.45, 7) is 3.42. The lowest BCUT2D eigenvalue weighted by atomic mass is 10.1. The van der Waals surface area contributed by atoms with Gasteiger partial charge in [-0.15, -0.1) is 0 Å². The van der Waals surface area contributed by atoms with E-state index in [4.69, 9.17) is 16.0 Å². The first-order valence-electron chi connectivity index (χ1n) is 5.10. The Hall–Kier alpha value is -1.19. The van der Waals surface area contributed by atoms with Gasteiger partial charge in [-0.05, 0) is 38.1 Å². The van der Waals surface area contributed by atoms with Gasteiger partial charge in [0.15, 0.2) is 5.78 Å². The number of benzene rings is 1. The normalized spacial score (nSPS) is 10.5. The third kappa shape index (κ3) is 2.73. The van der Waals surface area contributed by atoms with Crippen molar-refractivity contribution in [2.75, 3.05) is 0 Å². The number of halogens is 1. The van der Waals surface area contributed by atoms with Crippen molar-refractivity contribution in [3.8, 4) is 0 Å². The first-order valence-corrected chi connectivity index (χ1v) is 6.30. The minimum atomic E-state index is -0.0222. The van der Waals surface area contributed by atoms with Gasteiger partial charge >= 0.3 is 0 Å². The van der Waals surface area contributed by atoms with Crippen LogP contribution >= 0.6 is 23.4 Å². The number of carbonyl (C=O) groups excluding carboxylic acids is 1. The molecule has 0 atom stereocenters. The zero-order chi connectivity index (χ0) is 12.4. The highest BCUT2D eigenvalue weighted by Crippen LogP contribution is 2.33. The van der Waals surface area contributed by atoms with E-state index in [0.29, 0.717) is 10.6 Å². The Kier molecular flexibility index (Phi) is 3.60. The Balaban J connectivity index is 2.27. The molecule has 0 aliphatic rings. The van der Waals surface area contributed by atoms with Crippen LogP contribution in [-0.4, -0.2) is 5.78 Å². The summed E-state index contributed by atoms with van der Waals surface area (Å²) in [6.07, 6.45) is 1.66. The largest absolute Gasteiger partial charge is 0.468 e. The monoisotopic (exact) mass is 266 g/mol. The Morgan fingerprint density at radius 2 is 2.12 bits per heavy atom. The first-order chi connectivity index (χ1) is 8.08. The smallest absolute Gasteiger partial charge is 0.161 e. The zero-order valence-corrected chi connectivity index (χ0v) is 11.1. The van der Waals surface area contributed by atoms with Gasteiger partial charge in [0.2, 0.25) is 0 Å². The number of ketones is 1. The van der Waals surface area contributed by atoms with Crippen LogP contribution in [0.2, 0.25) is 5.02 Å². The molecule has 0 aliphatic heterocycles. The third-order valence-corrected chi connectivity index (χ3v) is 3.80. The summed E-state index contributed by atoms with van der Waals surface area (Å²) in [4.78, 5) is 13.3. The van der Waals surface area contributed by atoms with E-state index in [1.54, 1.807) is 30.2 Å². The second kappa shape index (κ2) is 4.98. The van der Waals surface area contributed by atoms with Crippen LogP contribution in [0.25, 0.3) is 0 Å². The second-order valence-corrected chi connectivity index (χ2v) is 5.16. The van der Waals surface area contributed by atoms with Crippen molar-refractivity contribution in [1.29, 1.82) is 0 Å². The molecule has 1 aromatic heterocycles. The molecule has 0 aliphatic carbocycles. The molecule has 2 rings (SSSR count). The Labute approximate surface area is 109 Å². The molecule has 0 bridgehead atoms. The van der Waals surface area contributed by atoms with Crippen molar-refractivity contribution >= 4 is 29.1 Å². The first kappa shape index (κ1) is 12.3. The van der Waals surface area contributed by atoms with Gasteiger partial charge in [-0.2, -0.15) is 0 Å². The highest BCUT2D eigenvalue weighted by molar-refractivity contribution is 7.99. The van der Waals surface area contributed by atoms with Gasteiger partial charge in [0.25, 0.3) is 0 Å². The van der Waals surface area contributed by atoms with E-state index < -0.39 is 0 Å². The Morgan fingerprint density at radius 1 is 1.35 bits per heavy atom. The van der Waals surface area contributed by atoms with E-state index in [1.807, 2.05) is 19.1 Å². The van der Waals surface area contributed by atoms with Gasteiger partial charge in [-0.25, -0.2) is 0 Å². The average Bonchev–Trinajstić information content (AvgIpc) is 2.64. The molecule has 1 heterocycles. The number of aryl methyl sites for hydroxylation is 1. The fourth-order valence-corrected chi connectivity index (χ4v) is 2.71. The summed E-state index contributed by atoms with van der Waals surface area (Å²) in [5.74, 6) is 0.854. The standard InChI is InChI=1S/C13H11ClO2S/c1-8(15)11-4-3-10(7-12(11)14)17-13-5-6-16-9(13)2/h3-7H,1-2H3. The molecule has 88 valence electrons. The molecule has 0 N–H and O–H groups in total. The van der Waals surface area contributed by atoms with Crippen molar-refractivity contribution in [2.45, 2.75) is 23.6 Å². The molecule has 17 heavy (non-hydrogen) atoms. The van der Waals surface area contributed by atoms with Crippen LogP contribution in [0.3, 0.4) is 0 Å². The zero-order valence-electron chi connectivity index (χ0n) is 9.49. The summed E-state index contributed by atoms with van der Waals surface area (Å²) in [5, 5.41) is 0.489. The summed E-state index contributed by atoms with van der Waals surface area (Å²) in [5.41, 5.74) is 0.555. The number of hydrogen-bond donors (Lipinski definition) is 0. The van der Waals surface area contributed by atoms with Crippen LogP contribution in [-0.2, 0) is 0 Å². The molecule has 0 amide bonds. The van der Waals surface area contributed by atoms with Crippen LogP contribution in [0, 0.1) is 6.92 Å². The highest BCUT2D eigenvalue weighted by atomic mass is 35.5. The van der Waals surface area contributed by atoms with Gasteiger partial charge in [-0.1, -0.05) is 23.4 Å². The van der Waals surface area contributed by atoms with E-state index >= 15 is 0 Å². The topological polar surface area (TPSA) is 30.2 Å². The Bertz CT molecular complexity index is 560. The highest BCUT2D eigenvalue weighted by Gasteiger charge is 2.08. The number of Topliss-reactive ketones (excluding diaryl/α,β-unsaturated/α-hetero) is 1. The fraction of sp³-hybridized carbons (Fsp3) is 0.154. The molecule has 0 unspecified atom stereocenters. The van der Waals surface area contributed by atoms with E-state index in [9.17, 15) is 4.79 Å². The van der Waals surface area contributed by atoms with E-state index in [-0.39, 0.29) is 5.78 Å². The summed E-state index contributed by atoms with van der Waals surface area (Å²) in [7, 11) is 0. The molecule has 0 fully saturated rings. The minimum absolute atomic E-state index is 0.0222. The van der Waals surface area contributed by atoms with Gasteiger partial charge in [-0.3, -0.25) is 4.79 Å². The van der Waals surface area contributed by atoms with E-state index in [1.165, 1.54) is 6.92 Å². The lowest BCUT2D eigenvalue weighted by Gasteiger charge is -2.04. The summed E-state index contributed by atoms with van der Waals surface area (Å²) >= 11 is 7.61. The van der Waals surface area contributed by atoms with Crippen molar-refractivity contribution in [3.05, 3.63) is 46.9 Å². The number of furan rings is 1. The molecule has 2 aromatic rings. The van der Waals surface area contributed by atoms with E-state index in [2.05, 4.69) is 0 Å². The second-order valence-electron chi connectivity index (χ2n) is 3.64. The van der Waals surface area contributed by atoms with Crippen LogP contribution < -0.4 is 0 Å². The molecule has 2 nitrogen and oxygen atoms in total. The van der Waals surface area contributed by atoms with Crippen LogP contribution in [0.5, 0.6) is 0 Å². The number of rotatable bonds is 3. The molecule has 0 spiro atoms. The predicted octanol–water partition coefficient (Wildman–Crippen LogP) is 4.60. The average molecular weight is 267 g/mol. The summed E-state index contributed by atoms with van der Waals surface area (Å²) < 4.78 is 5.22. The van der Waals surface area contributed by atoms with Gasteiger partial charge in [0.05, 0.1) is 16.2 Å². The molecule has 0 radical (unpaired) electrons. The molecule has 1 aromatic carbocycles. The quantitative estimate of drug-likeness (QED) is 0.761. The Morgan fingerprint density at radius 3 is 2.65 bits per heavy atom. The maximum absolute atomic E-state index is 11.2.